The number of fused-ring (bicyclic) bond motifs is 1. The van der Waals surface area contributed by atoms with Gasteiger partial charge >= 0.3 is 0 Å². The third kappa shape index (κ3) is 2.04. The van der Waals surface area contributed by atoms with Crippen LogP contribution in [0.25, 0.3) is 11.0 Å². The van der Waals surface area contributed by atoms with Crippen LogP contribution in [0.5, 0.6) is 5.75 Å². The molecule has 3 rings (SSSR count). The number of aliphatic hydroxyl groups is 1. The highest BCUT2D eigenvalue weighted by atomic mass is 19.1. The second-order valence-electron chi connectivity index (χ2n) is 4.91. The minimum atomic E-state index is -1.36. The number of phenolic OH excluding ortho intramolecular Hbond substituents is 1. The van der Waals surface area contributed by atoms with Crippen LogP contribution < -0.4 is 0 Å². The summed E-state index contributed by atoms with van der Waals surface area (Å²) in [5, 5.41) is 20.5. The van der Waals surface area contributed by atoms with Crippen LogP contribution in [0.3, 0.4) is 0 Å². The minimum Gasteiger partial charge on any atom is -0.508 e. The van der Waals surface area contributed by atoms with Crippen molar-refractivity contribution in [2.75, 3.05) is 0 Å². The van der Waals surface area contributed by atoms with E-state index in [-0.39, 0.29) is 11.6 Å². The van der Waals surface area contributed by atoms with Crippen LogP contribution in [-0.2, 0) is 5.60 Å². The Morgan fingerprint density at radius 2 is 1.75 bits per heavy atom. The number of halogens is 1. The molecular formula is C16H13FO3. The van der Waals surface area contributed by atoms with E-state index in [1.165, 1.54) is 30.3 Å². The van der Waals surface area contributed by atoms with Crippen molar-refractivity contribution < 1.29 is 19.0 Å². The van der Waals surface area contributed by atoms with Crippen LogP contribution in [0, 0.1) is 5.82 Å². The largest absolute Gasteiger partial charge is 0.508 e. The molecule has 2 N–H and O–H groups in total. The molecule has 0 amide bonds. The Kier molecular flexibility index (Phi) is 2.76. The van der Waals surface area contributed by atoms with E-state index in [2.05, 4.69) is 0 Å². The molecule has 102 valence electrons. The summed E-state index contributed by atoms with van der Waals surface area (Å²) in [6.07, 6.45) is 0. The van der Waals surface area contributed by atoms with E-state index in [9.17, 15) is 14.6 Å². The van der Waals surface area contributed by atoms with Crippen molar-refractivity contribution in [3.05, 3.63) is 65.7 Å². The van der Waals surface area contributed by atoms with E-state index in [0.717, 1.165) is 0 Å². The molecule has 1 unspecified atom stereocenters. The summed E-state index contributed by atoms with van der Waals surface area (Å²) in [5.41, 5.74) is -0.265. The van der Waals surface area contributed by atoms with Crippen LogP contribution in [-0.4, -0.2) is 10.2 Å². The lowest BCUT2D eigenvalue weighted by Crippen LogP contribution is -2.21. The van der Waals surface area contributed by atoms with E-state index in [0.29, 0.717) is 22.3 Å². The standard InChI is InChI=1S/C16H13FO3/c1-16(19,11-2-5-13(18)6-3-11)15-9-10-8-12(17)4-7-14(10)20-15/h2-9,18-19H,1H3. The van der Waals surface area contributed by atoms with Gasteiger partial charge in [-0.2, -0.15) is 0 Å². The smallest absolute Gasteiger partial charge is 0.144 e. The molecule has 0 radical (unpaired) electrons. The maximum absolute atomic E-state index is 13.2. The quantitative estimate of drug-likeness (QED) is 0.750. The first-order chi connectivity index (χ1) is 9.46. The topological polar surface area (TPSA) is 53.6 Å². The van der Waals surface area contributed by atoms with Crippen LogP contribution in [0.15, 0.2) is 52.9 Å². The molecule has 3 aromatic rings. The SMILES string of the molecule is CC(O)(c1ccc(O)cc1)c1cc2cc(F)ccc2o1. The monoisotopic (exact) mass is 272 g/mol. The van der Waals surface area contributed by atoms with Crippen LogP contribution >= 0.6 is 0 Å². The van der Waals surface area contributed by atoms with Crippen molar-refractivity contribution in [2.24, 2.45) is 0 Å². The third-order valence-electron chi connectivity index (χ3n) is 3.39. The lowest BCUT2D eigenvalue weighted by molar-refractivity contribution is 0.0786. The Labute approximate surface area is 114 Å². The van der Waals surface area contributed by atoms with Crippen molar-refractivity contribution in [1.29, 1.82) is 0 Å². The first-order valence-electron chi connectivity index (χ1n) is 6.18. The molecule has 2 aromatic carbocycles. The van der Waals surface area contributed by atoms with Gasteiger partial charge in [-0.1, -0.05) is 12.1 Å². The van der Waals surface area contributed by atoms with Gasteiger partial charge in [0.25, 0.3) is 0 Å². The number of hydrogen-bond donors (Lipinski definition) is 2. The molecule has 4 heteroatoms. The fraction of sp³-hybridized carbons (Fsp3) is 0.125. The average molecular weight is 272 g/mol. The molecule has 0 saturated carbocycles. The van der Waals surface area contributed by atoms with E-state index in [1.54, 1.807) is 25.1 Å². The maximum atomic E-state index is 13.2. The highest BCUT2D eigenvalue weighted by Gasteiger charge is 2.29. The summed E-state index contributed by atoms with van der Waals surface area (Å²) in [5.74, 6) is 0.0918. The van der Waals surface area contributed by atoms with E-state index < -0.39 is 5.60 Å². The van der Waals surface area contributed by atoms with Gasteiger partial charge in [0.05, 0.1) is 0 Å². The molecule has 1 aromatic heterocycles. The molecule has 0 fully saturated rings. The Morgan fingerprint density at radius 3 is 2.45 bits per heavy atom. The van der Waals surface area contributed by atoms with Gasteiger partial charge in [-0.3, -0.25) is 0 Å². The van der Waals surface area contributed by atoms with Crippen molar-refractivity contribution in [3.8, 4) is 5.75 Å². The Hall–Kier alpha value is -2.33. The molecule has 3 nitrogen and oxygen atoms in total. The fourth-order valence-corrected chi connectivity index (χ4v) is 2.18. The third-order valence-corrected chi connectivity index (χ3v) is 3.39. The zero-order chi connectivity index (χ0) is 14.3. The number of furan rings is 1. The highest BCUT2D eigenvalue weighted by molar-refractivity contribution is 5.78. The molecular weight excluding hydrogens is 259 g/mol. The maximum Gasteiger partial charge on any atom is 0.144 e. The van der Waals surface area contributed by atoms with Crippen LogP contribution in [0.1, 0.15) is 18.2 Å². The summed E-state index contributed by atoms with van der Waals surface area (Å²) in [7, 11) is 0. The van der Waals surface area contributed by atoms with E-state index in [1.807, 2.05) is 0 Å². The Bertz CT molecular complexity index is 757. The van der Waals surface area contributed by atoms with Gasteiger partial charge in [-0.25, -0.2) is 4.39 Å². The zero-order valence-corrected chi connectivity index (χ0v) is 10.8. The predicted octanol–water partition coefficient (Wildman–Crippen LogP) is 3.53. The number of hydrogen-bond acceptors (Lipinski definition) is 3. The first kappa shape index (κ1) is 12.7. The van der Waals surface area contributed by atoms with Crippen molar-refractivity contribution in [2.45, 2.75) is 12.5 Å². The number of rotatable bonds is 2. The lowest BCUT2D eigenvalue weighted by Gasteiger charge is -2.21. The van der Waals surface area contributed by atoms with Crippen LogP contribution in [0.4, 0.5) is 4.39 Å². The van der Waals surface area contributed by atoms with Crippen molar-refractivity contribution >= 4 is 11.0 Å². The van der Waals surface area contributed by atoms with Gasteiger partial charge in [0.15, 0.2) is 0 Å². The molecule has 0 spiro atoms. The van der Waals surface area contributed by atoms with Gasteiger partial charge in [-0.15, -0.1) is 0 Å². The fourth-order valence-electron chi connectivity index (χ4n) is 2.18. The molecule has 0 aliphatic carbocycles. The van der Waals surface area contributed by atoms with Crippen LogP contribution in [0.2, 0.25) is 0 Å². The molecule has 0 bridgehead atoms. The minimum absolute atomic E-state index is 0.122. The zero-order valence-electron chi connectivity index (χ0n) is 10.8. The molecule has 1 heterocycles. The summed E-state index contributed by atoms with van der Waals surface area (Å²) < 4.78 is 18.8. The van der Waals surface area contributed by atoms with Gasteiger partial charge in [0, 0.05) is 5.39 Å². The molecule has 0 saturated heterocycles. The Balaban J connectivity index is 2.10. The second-order valence-corrected chi connectivity index (χ2v) is 4.91. The summed E-state index contributed by atoms with van der Waals surface area (Å²) >= 11 is 0. The number of phenols is 1. The molecule has 20 heavy (non-hydrogen) atoms. The second kappa shape index (κ2) is 4.35. The van der Waals surface area contributed by atoms with E-state index in [4.69, 9.17) is 4.42 Å². The van der Waals surface area contributed by atoms with Crippen molar-refractivity contribution in [1.82, 2.24) is 0 Å². The summed E-state index contributed by atoms with van der Waals surface area (Å²) in [6.45, 7) is 1.59. The molecule has 0 aliphatic heterocycles. The molecule has 0 aliphatic rings. The summed E-state index contributed by atoms with van der Waals surface area (Å²) in [4.78, 5) is 0. The van der Waals surface area contributed by atoms with E-state index >= 15 is 0 Å². The van der Waals surface area contributed by atoms with Gasteiger partial charge < -0.3 is 14.6 Å². The van der Waals surface area contributed by atoms with Crippen molar-refractivity contribution in [3.63, 3.8) is 0 Å². The first-order valence-corrected chi connectivity index (χ1v) is 6.18. The molecule has 1 atom stereocenters. The lowest BCUT2D eigenvalue weighted by atomic mass is 9.93. The Morgan fingerprint density at radius 1 is 1.05 bits per heavy atom. The predicted molar refractivity (Wildman–Crippen MR) is 73.0 cm³/mol. The van der Waals surface area contributed by atoms with Gasteiger partial charge in [0.1, 0.15) is 28.5 Å². The number of benzene rings is 2. The number of aromatic hydroxyl groups is 1. The normalized spacial score (nSPS) is 14.3. The summed E-state index contributed by atoms with van der Waals surface area (Å²) in [6, 6.07) is 12.0. The highest BCUT2D eigenvalue weighted by Crippen LogP contribution is 2.34. The van der Waals surface area contributed by atoms with Gasteiger partial charge in [0.2, 0.25) is 0 Å². The average Bonchev–Trinajstić information content (AvgIpc) is 2.83. The van der Waals surface area contributed by atoms with Gasteiger partial charge in [-0.05, 0) is 48.9 Å².